The SMILES string of the molecule is CCCCCCC(CO)NC(=O)OC(C)(C)C. The molecular formula is C13H27NO3. The maximum Gasteiger partial charge on any atom is 0.407 e. The number of carbonyl (C=O) groups is 1. The Balaban J connectivity index is 3.83. The lowest BCUT2D eigenvalue weighted by Gasteiger charge is -2.22. The third-order valence-electron chi connectivity index (χ3n) is 2.35. The highest BCUT2D eigenvalue weighted by molar-refractivity contribution is 5.68. The Labute approximate surface area is 105 Å². The van der Waals surface area contributed by atoms with Gasteiger partial charge < -0.3 is 15.2 Å². The second-order valence-electron chi connectivity index (χ2n) is 5.38. The molecule has 4 heteroatoms. The van der Waals surface area contributed by atoms with Crippen LogP contribution in [0.1, 0.15) is 59.8 Å². The molecule has 0 heterocycles. The minimum atomic E-state index is -0.494. The summed E-state index contributed by atoms with van der Waals surface area (Å²) in [6.45, 7) is 7.58. The van der Waals surface area contributed by atoms with Crippen LogP contribution in [0.2, 0.25) is 0 Å². The number of ether oxygens (including phenoxy) is 1. The zero-order chi connectivity index (χ0) is 13.3. The molecule has 0 spiro atoms. The van der Waals surface area contributed by atoms with Crippen molar-refractivity contribution in [2.24, 2.45) is 0 Å². The fourth-order valence-electron chi connectivity index (χ4n) is 1.50. The van der Waals surface area contributed by atoms with Crippen LogP contribution >= 0.6 is 0 Å². The highest BCUT2D eigenvalue weighted by atomic mass is 16.6. The van der Waals surface area contributed by atoms with Gasteiger partial charge in [0.2, 0.25) is 0 Å². The van der Waals surface area contributed by atoms with Crippen molar-refractivity contribution in [3.63, 3.8) is 0 Å². The third-order valence-corrected chi connectivity index (χ3v) is 2.35. The van der Waals surface area contributed by atoms with Crippen LogP contribution < -0.4 is 5.32 Å². The van der Waals surface area contributed by atoms with Gasteiger partial charge in [0, 0.05) is 0 Å². The highest BCUT2D eigenvalue weighted by Gasteiger charge is 2.18. The molecule has 0 aliphatic rings. The summed E-state index contributed by atoms with van der Waals surface area (Å²) in [6, 6.07) is -0.193. The van der Waals surface area contributed by atoms with Crippen LogP contribution in [0, 0.1) is 0 Å². The number of amides is 1. The molecule has 0 aromatic rings. The second kappa shape index (κ2) is 8.34. The molecule has 0 radical (unpaired) electrons. The monoisotopic (exact) mass is 245 g/mol. The van der Waals surface area contributed by atoms with E-state index in [2.05, 4.69) is 12.2 Å². The van der Waals surface area contributed by atoms with Gasteiger partial charge in [-0.3, -0.25) is 0 Å². The molecule has 0 aromatic heterocycles. The topological polar surface area (TPSA) is 58.6 Å². The van der Waals surface area contributed by atoms with E-state index < -0.39 is 11.7 Å². The highest BCUT2D eigenvalue weighted by Crippen LogP contribution is 2.09. The first-order valence-corrected chi connectivity index (χ1v) is 6.49. The van der Waals surface area contributed by atoms with E-state index in [0.717, 1.165) is 19.3 Å². The minimum absolute atomic E-state index is 0.0363. The number of rotatable bonds is 7. The average Bonchev–Trinajstić information content (AvgIpc) is 2.20. The van der Waals surface area contributed by atoms with Gasteiger partial charge in [0.1, 0.15) is 5.60 Å². The molecule has 0 aliphatic carbocycles. The van der Waals surface area contributed by atoms with E-state index in [1.807, 2.05) is 20.8 Å². The van der Waals surface area contributed by atoms with Crippen molar-refractivity contribution in [3.8, 4) is 0 Å². The molecule has 2 N–H and O–H groups in total. The van der Waals surface area contributed by atoms with Gasteiger partial charge >= 0.3 is 6.09 Å². The number of nitrogens with one attached hydrogen (secondary N) is 1. The lowest BCUT2D eigenvalue weighted by molar-refractivity contribution is 0.0478. The van der Waals surface area contributed by atoms with Gasteiger partial charge in [-0.05, 0) is 27.2 Å². The maximum atomic E-state index is 11.5. The molecule has 4 nitrogen and oxygen atoms in total. The number of aliphatic hydroxyl groups is 1. The number of unbranched alkanes of at least 4 members (excludes halogenated alkanes) is 3. The van der Waals surface area contributed by atoms with Crippen molar-refractivity contribution < 1.29 is 14.6 Å². The van der Waals surface area contributed by atoms with E-state index in [-0.39, 0.29) is 12.6 Å². The number of alkyl carbamates (subject to hydrolysis) is 1. The van der Waals surface area contributed by atoms with E-state index in [9.17, 15) is 4.79 Å². The minimum Gasteiger partial charge on any atom is -0.444 e. The van der Waals surface area contributed by atoms with Gasteiger partial charge in [-0.15, -0.1) is 0 Å². The van der Waals surface area contributed by atoms with Gasteiger partial charge in [-0.2, -0.15) is 0 Å². The van der Waals surface area contributed by atoms with Crippen LogP contribution in [-0.2, 0) is 4.74 Å². The van der Waals surface area contributed by atoms with Gasteiger partial charge in [0.05, 0.1) is 12.6 Å². The standard InChI is InChI=1S/C13H27NO3/c1-5-6-7-8-9-11(10-15)14-12(16)17-13(2,3)4/h11,15H,5-10H2,1-4H3,(H,14,16). The number of hydrogen-bond donors (Lipinski definition) is 2. The zero-order valence-corrected chi connectivity index (χ0v) is 11.6. The molecule has 102 valence electrons. The molecule has 0 bridgehead atoms. The van der Waals surface area contributed by atoms with Gasteiger partial charge in [0.15, 0.2) is 0 Å². The maximum absolute atomic E-state index is 11.5. The summed E-state index contributed by atoms with van der Waals surface area (Å²) in [4.78, 5) is 11.5. The molecule has 0 rings (SSSR count). The van der Waals surface area contributed by atoms with E-state index in [1.54, 1.807) is 0 Å². The Morgan fingerprint density at radius 1 is 1.29 bits per heavy atom. The number of aliphatic hydroxyl groups excluding tert-OH is 1. The molecule has 0 aromatic carbocycles. The summed E-state index contributed by atoms with van der Waals surface area (Å²) in [7, 11) is 0. The first-order valence-electron chi connectivity index (χ1n) is 6.49. The Morgan fingerprint density at radius 2 is 1.94 bits per heavy atom. The summed E-state index contributed by atoms with van der Waals surface area (Å²) in [5.41, 5.74) is -0.494. The lowest BCUT2D eigenvalue weighted by atomic mass is 10.1. The van der Waals surface area contributed by atoms with Crippen molar-refractivity contribution in [2.45, 2.75) is 71.4 Å². The largest absolute Gasteiger partial charge is 0.444 e. The van der Waals surface area contributed by atoms with E-state index >= 15 is 0 Å². The Hall–Kier alpha value is -0.770. The first-order chi connectivity index (χ1) is 7.89. The molecular weight excluding hydrogens is 218 g/mol. The quantitative estimate of drug-likeness (QED) is 0.678. The summed E-state index contributed by atoms with van der Waals surface area (Å²) >= 11 is 0. The van der Waals surface area contributed by atoms with Crippen molar-refractivity contribution >= 4 is 6.09 Å². The predicted octanol–water partition coefficient (Wildman–Crippen LogP) is 2.84. The fraction of sp³-hybridized carbons (Fsp3) is 0.923. The molecule has 0 aliphatic heterocycles. The van der Waals surface area contributed by atoms with Crippen LogP contribution in [0.15, 0.2) is 0 Å². The molecule has 0 saturated carbocycles. The lowest BCUT2D eigenvalue weighted by Crippen LogP contribution is -2.41. The molecule has 0 saturated heterocycles. The Morgan fingerprint density at radius 3 is 2.41 bits per heavy atom. The average molecular weight is 245 g/mol. The van der Waals surface area contributed by atoms with Crippen molar-refractivity contribution in [2.75, 3.05) is 6.61 Å². The normalized spacial score (nSPS) is 13.2. The van der Waals surface area contributed by atoms with E-state index in [0.29, 0.717) is 0 Å². The van der Waals surface area contributed by atoms with Gasteiger partial charge in [0.25, 0.3) is 0 Å². The van der Waals surface area contributed by atoms with Crippen molar-refractivity contribution in [1.29, 1.82) is 0 Å². The Kier molecular flexibility index (Phi) is 7.96. The molecule has 1 atom stereocenters. The molecule has 1 unspecified atom stereocenters. The van der Waals surface area contributed by atoms with Crippen molar-refractivity contribution in [1.82, 2.24) is 5.32 Å². The van der Waals surface area contributed by atoms with Crippen LogP contribution in [0.3, 0.4) is 0 Å². The summed E-state index contributed by atoms with van der Waals surface area (Å²) in [5, 5.41) is 11.8. The second-order valence-corrected chi connectivity index (χ2v) is 5.38. The summed E-state index contributed by atoms with van der Waals surface area (Å²) in [5.74, 6) is 0. The van der Waals surface area contributed by atoms with E-state index in [1.165, 1.54) is 12.8 Å². The van der Waals surface area contributed by atoms with E-state index in [4.69, 9.17) is 9.84 Å². The number of hydrogen-bond acceptors (Lipinski definition) is 3. The van der Waals surface area contributed by atoms with Gasteiger partial charge in [-0.25, -0.2) is 4.79 Å². The smallest absolute Gasteiger partial charge is 0.407 e. The number of carbonyl (C=O) groups excluding carboxylic acids is 1. The molecule has 1 amide bonds. The summed E-state index contributed by atoms with van der Waals surface area (Å²) < 4.78 is 5.14. The van der Waals surface area contributed by atoms with Gasteiger partial charge in [-0.1, -0.05) is 32.6 Å². The van der Waals surface area contributed by atoms with Crippen LogP contribution in [-0.4, -0.2) is 29.4 Å². The summed E-state index contributed by atoms with van der Waals surface area (Å²) in [6.07, 6.45) is 4.90. The first kappa shape index (κ1) is 16.2. The van der Waals surface area contributed by atoms with Crippen LogP contribution in [0.25, 0.3) is 0 Å². The zero-order valence-electron chi connectivity index (χ0n) is 11.6. The predicted molar refractivity (Wildman–Crippen MR) is 69.0 cm³/mol. The third kappa shape index (κ3) is 10.1. The molecule has 0 fully saturated rings. The van der Waals surface area contributed by atoms with Crippen molar-refractivity contribution in [3.05, 3.63) is 0 Å². The van der Waals surface area contributed by atoms with Crippen LogP contribution in [0.5, 0.6) is 0 Å². The Bertz CT molecular complexity index is 211. The molecule has 17 heavy (non-hydrogen) atoms. The van der Waals surface area contributed by atoms with Crippen LogP contribution in [0.4, 0.5) is 4.79 Å². The fourth-order valence-corrected chi connectivity index (χ4v) is 1.50.